The molecule has 0 aromatic heterocycles. The fraction of sp³-hybridized carbons (Fsp3) is 0.188. The van der Waals surface area contributed by atoms with Gasteiger partial charge in [-0.25, -0.2) is 0 Å². The third-order valence-corrected chi connectivity index (χ3v) is 3.25. The molecule has 1 N–H and O–H groups in total. The number of hydrogen-bond acceptors (Lipinski definition) is 1. The first kappa shape index (κ1) is 13.6. The molecule has 0 aliphatic heterocycles. The lowest BCUT2D eigenvalue weighted by Crippen LogP contribution is -2.23. The zero-order valence-corrected chi connectivity index (χ0v) is 11.8. The van der Waals surface area contributed by atoms with E-state index in [1.54, 1.807) is 0 Å². The van der Waals surface area contributed by atoms with Gasteiger partial charge in [-0.2, -0.15) is 0 Å². The molecule has 98 valence electrons. The summed E-state index contributed by atoms with van der Waals surface area (Å²) >= 11 is 6.05. The average Bonchev–Trinajstić information content (AvgIpc) is 2.36. The summed E-state index contributed by atoms with van der Waals surface area (Å²) in [5.41, 5.74) is 3.78. The summed E-state index contributed by atoms with van der Waals surface area (Å²) in [4.78, 5) is 12.1. The number of amides is 1. The van der Waals surface area contributed by atoms with Gasteiger partial charge in [-0.3, -0.25) is 4.79 Å². The molecule has 0 aliphatic rings. The van der Waals surface area contributed by atoms with Crippen molar-refractivity contribution in [1.29, 1.82) is 0 Å². The number of carbonyl (C=O) groups is 1. The number of nitrogens with one attached hydrogen (secondary N) is 1. The molecule has 0 unspecified atom stereocenters. The Labute approximate surface area is 118 Å². The van der Waals surface area contributed by atoms with E-state index in [2.05, 4.69) is 5.32 Å². The largest absolute Gasteiger partial charge is 0.348 e. The predicted molar refractivity (Wildman–Crippen MR) is 78.5 cm³/mol. The van der Waals surface area contributed by atoms with Crippen LogP contribution in [0.4, 0.5) is 0 Å². The molecule has 19 heavy (non-hydrogen) atoms. The molecule has 0 bridgehead atoms. The molecule has 0 aliphatic carbocycles. The number of hydrogen-bond donors (Lipinski definition) is 1. The third kappa shape index (κ3) is 3.58. The van der Waals surface area contributed by atoms with Crippen molar-refractivity contribution >= 4 is 17.5 Å². The zero-order valence-electron chi connectivity index (χ0n) is 11.0. The van der Waals surface area contributed by atoms with Crippen molar-refractivity contribution in [1.82, 2.24) is 5.32 Å². The molecule has 0 fully saturated rings. The zero-order chi connectivity index (χ0) is 13.8. The molecule has 0 spiro atoms. The first-order valence-corrected chi connectivity index (χ1v) is 6.54. The number of rotatable bonds is 3. The van der Waals surface area contributed by atoms with E-state index in [0.29, 0.717) is 17.1 Å². The fourth-order valence-corrected chi connectivity index (χ4v) is 2.23. The molecule has 3 heteroatoms. The van der Waals surface area contributed by atoms with E-state index in [0.717, 1.165) is 16.7 Å². The Kier molecular flexibility index (Phi) is 4.23. The van der Waals surface area contributed by atoms with E-state index >= 15 is 0 Å². The van der Waals surface area contributed by atoms with E-state index < -0.39 is 0 Å². The van der Waals surface area contributed by atoms with Gasteiger partial charge in [0.05, 0.1) is 0 Å². The maximum atomic E-state index is 12.1. The minimum Gasteiger partial charge on any atom is -0.348 e. The van der Waals surface area contributed by atoms with Gasteiger partial charge in [0.1, 0.15) is 0 Å². The SMILES string of the molecule is Cc1cc(C)cc(C(=O)NCc2ccccc2Cl)c1. The lowest BCUT2D eigenvalue weighted by molar-refractivity contribution is 0.0951. The molecule has 0 saturated heterocycles. The van der Waals surface area contributed by atoms with Crippen LogP contribution in [0.25, 0.3) is 0 Å². The smallest absolute Gasteiger partial charge is 0.251 e. The van der Waals surface area contributed by atoms with E-state index in [4.69, 9.17) is 11.6 Å². The van der Waals surface area contributed by atoms with Gasteiger partial charge in [0, 0.05) is 17.1 Å². The molecule has 0 atom stereocenters. The number of aryl methyl sites for hydroxylation is 2. The molecule has 0 heterocycles. The standard InChI is InChI=1S/C16H16ClNO/c1-11-7-12(2)9-14(8-11)16(19)18-10-13-5-3-4-6-15(13)17/h3-9H,10H2,1-2H3,(H,18,19). The van der Waals surface area contributed by atoms with Gasteiger partial charge in [-0.05, 0) is 37.6 Å². The molecule has 0 saturated carbocycles. The monoisotopic (exact) mass is 273 g/mol. The molecular weight excluding hydrogens is 258 g/mol. The van der Waals surface area contributed by atoms with E-state index in [1.807, 2.05) is 56.3 Å². The van der Waals surface area contributed by atoms with Crippen molar-refractivity contribution in [2.45, 2.75) is 20.4 Å². The Hall–Kier alpha value is -1.80. The molecular formula is C16H16ClNO. The fourth-order valence-electron chi connectivity index (χ4n) is 2.03. The predicted octanol–water partition coefficient (Wildman–Crippen LogP) is 3.89. The van der Waals surface area contributed by atoms with Crippen LogP contribution < -0.4 is 5.32 Å². The van der Waals surface area contributed by atoms with E-state index in [-0.39, 0.29) is 5.91 Å². The minimum absolute atomic E-state index is 0.0771. The lowest BCUT2D eigenvalue weighted by Gasteiger charge is -2.08. The van der Waals surface area contributed by atoms with Gasteiger partial charge in [0.25, 0.3) is 5.91 Å². The Morgan fingerprint density at radius 1 is 1.11 bits per heavy atom. The van der Waals surface area contributed by atoms with Crippen LogP contribution in [0.15, 0.2) is 42.5 Å². The normalized spacial score (nSPS) is 10.3. The van der Waals surface area contributed by atoms with Crippen LogP contribution in [-0.2, 0) is 6.54 Å². The summed E-state index contributed by atoms with van der Waals surface area (Å²) in [5.74, 6) is -0.0771. The summed E-state index contributed by atoms with van der Waals surface area (Å²) in [6, 6.07) is 13.3. The third-order valence-electron chi connectivity index (χ3n) is 2.88. The summed E-state index contributed by atoms with van der Waals surface area (Å²) in [7, 11) is 0. The Bertz CT molecular complexity index is 587. The minimum atomic E-state index is -0.0771. The van der Waals surface area contributed by atoms with Gasteiger partial charge < -0.3 is 5.32 Å². The van der Waals surface area contributed by atoms with E-state index in [1.165, 1.54) is 0 Å². The average molecular weight is 274 g/mol. The quantitative estimate of drug-likeness (QED) is 0.903. The molecule has 2 rings (SSSR count). The Balaban J connectivity index is 2.08. The molecule has 1 amide bonds. The van der Waals surface area contributed by atoms with Crippen LogP contribution in [0.1, 0.15) is 27.0 Å². The molecule has 2 nitrogen and oxygen atoms in total. The van der Waals surface area contributed by atoms with Crippen molar-refractivity contribution in [3.63, 3.8) is 0 Å². The highest BCUT2D eigenvalue weighted by Gasteiger charge is 2.07. The van der Waals surface area contributed by atoms with Crippen LogP contribution in [0.2, 0.25) is 5.02 Å². The first-order valence-electron chi connectivity index (χ1n) is 6.16. The topological polar surface area (TPSA) is 29.1 Å². The van der Waals surface area contributed by atoms with E-state index in [9.17, 15) is 4.79 Å². The lowest BCUT2D eigenvalue weighted by atomic mass is 10.1. The van der Waals surface area contributed by atoms with Gasteiger partial charge in [-0.15, -0.1) is 0 Å². The second-order valence-corrected chi connectivity index (χ2v) is 5.06. The van der Waals surface area contributed by atoms with Crippen LogP contribution in [0.3, 0.4) is 0 Å². The van der Waals surface area contributed by atoms with Crippen molar-refractivity contribution in [3.05, 3.63) is 69.7 Å². The van der Waals surface area contributed by atoms with Crippen LogP contribution in [0.5, 0.6) is 0 Å². The summed E-state index contributed by atoms with van der Waals surface area (Å²) < 4.78 is 0. The van der Waals surface area contributed by atoms with Gasteiger partial charge >= 0.3 is 0 Å². The van der Waals surface area contributed by atoms with Crippen molar-refractivity contribution in [2.75, 3.05) is 0 Å². The Morgan fingerprint density at radius 2 is 1.74 bits per heavy atom. The maximum absolute atomic E-state index is 12.1. The van der Waals surface area contributed by atoms with Gasteiger partial charge in [0.15, 0.2) is 0 Å². The number of halogens is 1. The highest BCUT2D eigenvalue weighted by atomic mass is 35.5. The highest BCUT2D eigenvalue weighted by Crippen LogP contribution is 2.15. The summed E-state index contributed by atoms with van der Waals surface area (Å²) in [6.45, 7) is 4.40. The van der Waals surface area contributed by atoms with Crippen molar-refractivity contribution in [2.24, 2.45) is 0 Å². The maximum Gasteiger partial charge on any atom is 0.251 e. The second kappa shape index (κ2) is 5.89. The summed E-state index contributed by atoms with van der Waals surface area (Å²) in [6.07, 6.45) is 0. The van der Waals surface area contributed by atoms with Crippen molar-refractivity contribution < 1.29 is 4.79 Å². The molecule has 2 aromatic rings. The first-order chi connectivity index (χ1) is 9.06. The second-order valence-electron chi connectivity index (χ2n) is 4.65. The molecule has 2 aromatic carbocycles. The van der Waals surface area contributed by atoms with Gasteiger partial charge in [-0.1, -0.05) is 47.0 Å². The highest BCUT2D eigenvalue weighted by molar-refractivity contribution is 6.31. The van der Waals surface area contributed by atoms with Crippen molar-refractivity contribution in [3.8, 4) is 0 Å². The number of benzene rings is 2. The van der Waals surface area contributed by atoms with Crippen LogP contribution >= 0.6 is 11.6 Å². The van der Waals surface area contributed by atoms with Gasteiger partial charge in [0.2, 0.25) is 0 Å². The Morgan fingerprint density at radius 3 is 2.37 bits per heavy atom. The van der Waals surface area contributed by atoms with Crippen LogP contribution in [0, 0.1) is 13.8 Å². The number of carbonyl (C=O) groups excluding carboxylic acids is 1. The van der Waals surface area contributed by atoms with Crippen LogP contribution in [-0.4, -0.2) is 5.91 Å². The molecule has 0 radical (unpaired) electrons. The summed E-state index contributed by atoms with van der Waals surface area (Å²) in [5, 5.41) is 3.56.